The van der Waals surface area contributed by atoms with E-state index in [1.54, 1.807) is 30.6 Å². The van der Waals surface area contributed by atoms with Crippen molar-refractivity contribution in [1.82, 2.24) is 9.88 Å². The van der Waals surface area contributed by atoms with Crippen molar-refractivity contribution in [3.8, 4) is 0 Å². The zero-order chi connectivity index (χ0) is 22.7. The summed E-state index contributed by atoms with van der Waals surface area (Å²) in [5, 5.41) is 2.37. The number of anilines is 2. The number of carbonyl (C=O) groups excluding carboxylic acids is 1. The van der Waals surface area contributed by atoms with Gasteiger partial charge in [-0.15, -0.1) is 0 Å². The van der Waals surface area contributed by atoms with E-state index in [-0.39, 0.29) is 5.69 Å². The Bertz CT molecular complexity index is 977. The summed E-state index contributed by atoms with van der Waals surface area (Å²) in [6.45, 7) is 4.73. The molecule has 1 aromatic heterocycles. The minimum atomic E-state index is -4.58. The molecule has 5 nitrogen and oxygen atoms in total. The van der Waals surface area contributed by atoms with Gasteiger partial charge in [-0.25, -0.2) is 0 Å². The molecule has 1 aromatic carbocycles. The lowest BCUT2D eigenvalue weighted by atomic mass is 10.1. The summed E-state index contributed by atoms with van der Waals surface area (Å²) in [6.07, 6.45) is 4.60. The quantitative estimate of drug-likeness (QED) is 0.672. The highest BCUT2D eigenvalue weighted by molar-refractivity contribution is 6.02. The van der Waals surface area contributed by atoms with Crippen molar-refractivity contribution < 1.29 is 18.0 Å². The highest BCUT2D eigenvalue weighted by Crippen LogP contribution is 2.38. The van der Waals surface area contributed by atoms with Crippen molar-refractivity contribution in [2.45, 2.75) is 44.4 Å². The minimum absolute atomic E-state index is 0.244. The topological polar surface area (TPSA) is 48.5 Å². The van der Waals surface area contributed by atoms with E-state index in [1.807, 2.05) is 4.90 Å². The second kappa shape index (κ2) is 9.32. The van der Waals surface area contributed by atoms with Gasteiger partial charge < -0.3 is 10.2 Å². The third-order valence-electron chi connectivity index (χ3n) is 6.28. The normalized spacial score (nSPS) is 22.1. The van der Waals surface area contributed by atoms with Crippen molar-refractivity contribution in [3.63, 3.8) is 0 Å². The smallest absolute Gasteiger partial charge is 0.370 e. The van der Waals surface area contributed by atoms with Crippen LogP contribution in [0, 0.1) is 0 Å². The SMILES string of the molecule is CC1CCCN1C1CCN(c2ccc(NC(=O)/C=C/c3cccnc3)c(C(F)(F)F)c2)C1. The van der Waals surface area contributed by atoms with Crippen LogP contribution in [0.2, 0.25) is 0 Å². The predicted octanol–water partition coefficient (Wildman–Crippen LogP) is 4.82. The Morgan fingerprint density at radius 1 is 1.22 bits per heavy atom. The summed E-state index contributed by atoms with van der Waals surface area (Å²) in [7, 11) is 0. The average Bonchev–Trinajstić information content (AvgIpc) is 3.41. The number of carbonyl (C=O) groups is 1. The standard InChI is InChI=1S/C24H27F3N4O/c1-17-4-3-12-31(17)20-10-13-30(16-20)19-7-8-22(21(14-19)24(25,26)27)29-23(32)9-6-18-5-2-11-28-15-18/h2,5-9,11,14-15,17,20H,3-4,10,12-13,16H2,1H3,(H,29,32)/b9-6+. The van der Waals surface area contributed by atoms with Crippen LogP contribution < -0.4 is 10.2 Å². The van der Waals surface area contributed by atoms with Gasteiger partial charge in [-0.05, 0) is 68.6 Å². The number of amides is 1. The summed E-state index contributed by atoms with van der Waals surface area (Å²) in [5.74, 6) is -0.628. The number of aromatic nitrogens is 1. The lowest BCUT2D eigenvalue weighted by molar-refractivity contribution is -0.136. The molecule has 0 aliphatic carbocycles. The van der Waals surface area contributed by atoms with Gasteiger partial charge >= 0.3 is 6.18 Å². The lowest BCUT2D eigenvalue weighted by Gasteiger charge is -2.29. The van der Waals surface area contributed by atoms with Gasteiger partial charge in [-0.1, -0.05) is 6.07 Å². The van der Waals surface area contributed by atoms with Crippen LogP contribution in [0.5, 0.6) is 0 Å². The Morgan fingerprint density at radius 3 is 2.75 bits per heavy atom. The number of halogens is 3. The molecule has 3 heterocycles. The largest absolute Gasteiger partial charge is 0.418 e. The van der Waals surface area contributed by atoms with E-state index in [0.717, 1.165) is 32.1 Å². The first-order valence-corrected chi connectivity index (χ1v) is 10.9. The number of rotatable bonds is 5. The molecule has 2 saturated heterocycles. The van der Waals surface area contributed by atoms with Gasteiger partial charge in [-0.2, -0.15) is 13.2 Å². The zero-order valence-electron chi connectivity index (χ0n) is 18.0. The molecule has 0 radical (unpaired) electrons. The molecule has 32 heavy (non-hydrogen) atoms. The second-order valence-corrected chi connectivity index (χ2v) is 8.45. The number of hydrogen-bond donors (Lipinski definition) is 1. The maximum atomic E-state index is 13.8. The lowest BCUT2D eigenvalue weighted by Crippen LogP contribution is -2.39. The maximum Gasteiger partial charge on any atom is 0.418 e. The Kier molecular flexibility index (Phi) is 6.50. The summed E-state index contributed by atoms with van der Waals surface area (Å²) in [4.78, 5) is 20.7. The summed E-state index contributed by atoms with van der Waals surface area (Å²) in [6, 6.07) is 8.52. The summed E-state index contributed by atoms with van der Waals surface area (Å²) < 4.78 is 41.4. The van der Waals surface area contributed by atoms with E-state index in [0.29, 0.717) is 23.3 Å². The molecule has 0 spiro atoms. The van der Waals surface area contributed by atoms with Crippen LogP contribution in [-0.4, -0.2) is 47.5 Å². The van der Waals surface area contributed by atoms with Gasteiger partial charge in [0.15, 0.2) is 0 Å². The summed E-state index contributed by atoms with van der Waals surface area (Å²) in [5.41, 5.74) is 0.141. The number of likely N-dealkylation sites (tertiary alicyclic amines) is 1. The van der Waals surface area contributed by atoms with Crippen molar-refractivity contribution in [1.29, 1.82) is 0 Å². The van der Waals surface area contributed by atoms with Crippen LogP contribution in [0.3, 0.4) is 0 Å². The fourth-order valence-electron chi connectivity index (χ4n) is 4.64. The van der Waals surface area contributed by atoms with Gasteiger partial charge in [-0.3, -0.25) is 14.7 Å². The van der Waals surface area contributed by atoms with Crippen molar-refractivity contribution in [2.24, 2.45) is 0 Å². The molecule has 2 fully saturated rings. The van der Waals surface area contributed by atoms with Gasteiger partial charge in [0, 0.05) is 49.3 Å². The van der Waals surface area contributed by atoms with Crippen LogP contribution >= 0.6 is 0 Å². The number of pyridine rings is 1. The molecule has 2 aliphatic heterocycles. The molecule has 2 unspecified atom stereocenters. The van der Waals surface area contributed by atoms with Crippen LogP contribution in [0.4, 0.5) is 24.5 Å². The van der Waals surface area contributed by atoms with Crippen LogP contribution in [-0.2, 0) is 11.0 Å². The number of nitrogens with one attached hydrogen (secondary N) is 1. The van der Waals surface area contributed by atoms with E-state index < -0.39 is 17.6 Å². The monoisotopic (exact) mass is 444 g/mol. The number of hydrogen-bond acceptors (Lipinski definition) is 4. The molecule has 0 saturated carbocycles. The molecule has 1 N–H and O–H groups in total. The number of nitrogens with zero attached hydrogens (tertiary/aromatic N) is 3. The van der Waals surface area contributed by atoms with E-state index >= 15 is 0 Å². The van der Waals surface area contributed by atoms with Crippen LogP contribution in [0.15, 0.2) is 48.8 Å². The predicted molar refractivity (Wildman–Crippen MR) is 119 cm³/mol. The minimum Gasteiger partial charge on any atom is -0.370 e. The first-order chi connectivity index (χ1) is 15.3. The Hall–Kier alpha value is -2.87. The number of benzene rings is 1. The molecule has 2 aromatic rings. The highest BCUT2D eigenvalue weighted by atomic mass is 19.4. The van der Waals surface area contributed by atoms with Crippen molar-refractivity contribution in [3.05, 3.63) is 59.9 Å². The maximum absolute atomic E-state index is 13.8. The first kappa shape index (κ1) is 22.3. The van der Waals surface area contributed by atoms with Crippen LogP contribution in [0.1, 0.15) is 37.3 Å². The highest BCUT2D eigenvalue weighted by Gasteiger charge is 2.36. The molecule has 2 aliphatic rings. The molecule has 8 heteroatoms. The molecular formula is C24H27F3N4O. The van der Waals surface area contributed by atoms with E-state index in [2.05, 4.69) is 22.1 Å². The molecule has 2 atom stereocenters. The fourth-order valence-corrected chi connectivity index (χ4v) is 4.64. The number of alkyl halides is 3. The zero-order valence-corrected chi connectivity index (χ0v) is 18.0. The third kappa shape index (κ3) is 5.12. The van der Waals surface area contributed by atoms with E-state index in [1.165, 1.54) is 31.1 Å². The first-order valence-electron chi connectivity index (χ1n) is 10.9. The molecule has 0 bridgehead atoms. The molecule has 4 rings (SSSR count). The van der Waals surface area contributed by atoms with Gasteiger partial charge in [0.1, 0.15) is 0 Å². The Morgan fingerprint density at radius 2 is 2.06 bits per heavy atom. The Balaban J connectivity index is 1.48. The Labute approximate surface area is 185 Å². The third-order valence-corrected chi connectivity index (χ3v) is 6.28. The fraction of sp³-hybridized carbons (Fsp3) is 0.417. The molecule has 1 amide bonds. The molecule has 170 valence electrons. The average molecular weight is 445 g/mol. The van der Waals surface area contributed by atoms with Gasteiger partial charge in [0.05, 0.1) is 11.3 Å². The summed E-state index contributed by atoms with van der Waals surface area (Å²) >= 11 is 0. The van der Waals surface area contributed by atoms with Crippen molar-refractivity contribution >= 4 is 23.4 Å². The van der Waals surface area contributed by atoms with Crippen LogP contribution in [0.25, 0.3) is 6.08 Å². The van der Waals surface area contributed by atoms with Gasteiger partial charge in [0.2, 0.25) is 5.91 Å². The van der Waals surface area contributed by atoms with Crippen molar-refractivity contribution in [2.75, 3.05) is 29.9 Å². The van der Waals surface area contributed by atoms with E-state index in [4.69, 9.17) is 0 Å². The van der Waals surface area contributed by atoms with Gasteiger partial charge in [0.25, 0.3) is 0 Å². The van der Waals surface area contributed by atoms with E-state index in [9.17, 15) is 18.0 Å². The second-order valence-electron chi connectivity index (χ2n) is 8.45. The molecular weight excluding hydrogens is 417 g/mol.